The molecule has 0 aromatic carbocycles. The Balaban J connectivity index is 5.18. The molecule has 0 aliphatic carbocycles. The van der Waals surface area contributed by atoms with Crippen molar-refractivity contribution in [2.75, 3.05) is 0 Å². The third-order valence-electron chi connectivity index (χ3n) is 13.9. The fraction of sp³-hybridized carbons (Fsp3) is 0.964. The van der Waals surface area contributed by atoms with E-state index in [4.69, 9.17) is 0 Å². The smallest absolute Gasteiger partial charge is 0.144 e. The summed E-state index contributed by atoms with van der Waals surface area (Å²) < 4.78 is 0. The van der Waals surface area contributed by atoms with Crippen LogP contribution in [0.2, 0.25) is 0 Å². The summed E-state index contributed by atoms with van der Waals surface area (Å²) >= 11 is 0. The van der Waals surface area contributed by atoms with E-state index in [1.165, 1.54) is 250 Å². The first-order valence-corrected chi connectivity index (χ1v) is 27.8. The van der Waals surface area contributed by atoms with Gasteiger partial charge in [-0.05, 0) is 31.6 Å². The molecule has 3 heteroatoms. The molecule has 0 aliphatic heterocycles. The largest absolute Gasteiger partial charge is 0.549 e. The molecule has 0 heterocycles. The Morgan fingerprint density at radius 2 is 0.492 bits per heavy atom. The summed E-state index contributed by atoms with van der Waals surface area (Å²) in [6.07, 6.45) is 59.6. The van der Waals surface area contributed by atoms with Crippen LogP contribution in [0.4, 0.5) is 0 Å². The average Bonchev–Trinajstić information content (AvgIpc) is 3.23. The zero-order chi connectivity index (χ0) is 43.1. The molecule has 0 radical (unpaired) electrons. The fourth-order valence-electron chi connectivity index (χ4n) is 9.80. The maximum absolute atomic E-state index is 14.5. The third-order valence-corrected chi connectivity index (χ3v) is 13.9. The number of rotatable bonds is 51. The molecule has 0 spiro atoms. The molecule has 0 fully saturated rings. The second kappa shape index (κ2) is 48.2. The molecule has 0 amide bonds. The van der Waals surface area contributed by atoms with Crippen LogP contribution in [-0.2, 0) is 9.59 Å². The monoisotopic (exact) mass is 830 g/mol. The van der Waals surface area contributed by atoms with Crippen molar-refractivity contribution in [2.45, 2.75) is 329 Å². The normalized spacial score (nSPS) is 13.2. The van der Waals surface area contributed by atoms with Crippen LogP contribution in [0.3, 0.4) is 0 Å². The second-order valence-corrected chi connectivity index (χ2v) is 19.6. The summed E-state index contributed by atoms with van der Waals surface area (Å²) in [6.45, 7) is 9.14. The predicted molar refractivity (Wildman–Crippen MR) is 260 cm³/mol. The van der Waals surface area contributed by atoms with E-state index in [1.807, 2.05) is 0 Å². The van der Waals surface area contributed by atoms with Crippen LogP contribution in [0.1, 0.15) is 329 Å². The van der Waals surface area contributed by atoms with Crippen LogP contribution in [0.5, 0.6) is 0 Å². The molecule has 3 nitrogen and oxygen atoms in total. The van der Waals surface area contributed by atoms with E-state index in [2.05, 4.69) is 27.7 Å². The molecule has 0 aromatic heterocycles. The van der Waals surface area contributed by atoms with E-state index in [0.717, 1.165) is 44.9 Å². The van der Waals surface area contributed by atoms with Crippen LogP contribution in [0.15, 0.2) is 0 Å². The Hall–Kier alpha value is -0.860. The van der Waals surface area contributed by atoms with Gasteiger partial charge < -0.3 is 9.90 Å². The van der Waals surface area contributed by atoms with Crippen molar-refractivity contribution in [3.8, 4) is 0 Å². The van der Waals surface area contributed by atoms with E-state index >= 15 is 0 Å². The number of carboxylic acid groups (broad SMARTS) is 1. The number of hydrogen-bond donors (Lipinski definition) is 0. The molecule has 0 aromatic rings. The summed E-state index contributed by atoms with van der Waals surface area (Å²) in [5, 5.41) is 12.7. The highest BCUT2D eigenvalue weighted by atomic mass is 16.4. The number of unbranched alkanes of at least 4 members (excludes halogenated alkanes) is 39. The van der Waals surface area contributed by atoms with Crippen molar-refractivity contribution in [3.05, 3.63) is 0 Å². The van der Waals surface area contributed by atoms with Crippen LogP contribution < -0.4 is 5.11 Å². The van der Waals surface area contributed by atoms with E-state index in [1.54, 1.807) is 0 Å². The number of aliphatic carboxylic acids is 1. The first-order chi connectivity index (χ1) is 29.0. The van der Waals surface area contributed by atoms with E-state index in [0.29, 0.717) is 12.3 Å². The second-order valence-electron chi connectivity index (χ2n) is 19.6. The van der Waals surface area contributed by atoms with Gasteiger partial charge in [0.2, 0.25) is 0 Å². The van der Waals surface area contributed by atoms with Crippen molar-refractivity contribution in [3.63, 3.8) is 0 Å². The highest BCUT2D eigenvalue weighted by Gasteiger charge is 2.32. The van der Waals surface area contributed by atoms with Crippen molar-refractivity contribution in [1.29, 1.82) is 0 Å². The molecule has 0 rings (SSSR count). The highest BCUT2D eigenvalue weighted by Crippen LogP contribution is 2.34. The number of ketones is 1. The van der Waals surface area contributed by atoms with Gasteiger partial charge in [0.1, 0.15) is 5.78 Å². The van der Waals surface area contributed by atoms with Gasteiger partial charge in [-0.25, -0.2) is 0 Å². The number of carbonyl (C=O) groups is 2. The standard InChI is InChI=1S/C56H110O3/c1-5-9-13-17-21-24-26-28-30-32-35-38-42-46-50-53(52(48-44-40-20-16-12-8-4)49-45-41-37-34-23-19-15-11-7-3)55(57)54(56(58)59)51-47-43-39-36-33-31-29-27-25-22-18-14-10-6-2/h52-54H,5-51H2,1-4H3,(H,58,59)/p-1. The molecular formula is C56H109O3-. The molecule has 0 aliphatic rings. The molecule has 352 valence electrons. The van der Waals surface area contributed by atoms with E-state index in [-0.39, 0.29) is 11.7 Å². The molecule has 0 bridgehead atoms. The van der Waals surface area contributed by atoms with Crippen LogP contribution in [0, 0.1) is 17.8 Å². The lowest BCUT2D eigenvalue weighted by Crippen LogP contribution is -2.41. The van der Waals surface area contributed by atoms with Crippen molar-refractivity contribution in [1.82, 2.24) is 0 Å². The van der Waals surface area contributed by atoms with Crippen molar-refractivity contribution < 1.29 is 14.7 Å². The molecule has 0 saturated heterocycles. The predicted octanol–water partition coefficient (Wildman–Crippen LogP) is 18.6. The highest BCUT2D eigenvalue weighted by molar-refractivity contribution is 5.98. The Morgan fingerprint density at radius 3 is 0.729 bits per heavy atom. The van der Waals surface area contributed by atoms with Gasteiger partial charge in [0, 0.05) is 5.92 Å². The lowest BCUT2D eigenvalue weighted by Gasteiger charge is -2.30. The quantitative estimate of drug-likeness (QED) is 0.0453. The molecule has 3 atom stereocenters. The number of Topliss-reactive ketones (excluding diaryl/α,β-unsaturated/α-hetero) is 1. The molecule has 3 unspecified atom stereocenters. The van der Waals surface area contributed by atoms with Gasteiger partial charge in [0.05, 0.1) is 11.9 Å². The number of carbonyl (C=O) groups excluding carboxylic acids is 2. The van der Waals surface area contributed by atoms with Crippen LogP contribution >= 0.6 is 0 Å². The zero-order valence-corrected chi connectivity index (χ0v) is 41.2. The van der Waals surface area contributed by atoms with Gasteiger partial charge in [-0.2, -0.15) is 0 Å². The Morgan fingerprint density at radius 1 is 0.288 bits per heavy atom. The summed E-state index contributed by atoms with van der Waals surface area (Å²) in [5.41, 5.74) is 0. The van der Waals surface area contributed by atoms with Gasteiger partial charge in [0.25, 0.3) is 0 Å². The van der Waals surface area contributed by atoms with E-state index < -0.39 is 11.9 Å². The minimum Gasteiger partial charge on any atom is -0.549 e. The summed E-state index contributed by atoms with van der Waals surface area (Å²) in [5.74, 6) is -1.75. The zero-order valence-electron chi connectivity index (χ0n) is 41.2. The minimum atomic E-state index is -1.10. The molecule has 0 N–H and O–H groups in total. The van der Waals surface area contributed by atoms with Crippen LogP contribution in [-0.4, -0.2) is 11.8 Å². The summed E-state index contributed by atoms with van der Waals surface area (Å²) in [6, 6.07) is 0. The molecule has 59 heavy (non-hydrogen) atoms. The van der Waals surface area contributed by atoms with Gasteiger partial charge in [-0.15, -0.1) is 0 Å². The maximum Gasteiger partial charge on any atom is 0.144 e. The molecule has 0 saturated carbocycles. The van der Waals surface area contributed by atoms with Crippen molar-refractivity contribution in [2.24, 2.45) is 17.8 Å². The third kappa shape index (κ3) is 39.7. The van der Waals surface area contributed by atoms with Gasteiger partial charge >= 0.3 is 0 Å². The summed E-state index contributed by atoms with van der Waals surface area (Å²) in [4.78, 5) is 27.2. The lowest BCUT2D eigenvalue weighted by atomic mass is 9.74. The van der Waals surface area contributed by atoms with Gasteiger partial charge in [-0.3, -0.25) is 4.79 Å². The van der Waals surface area contributed by atoms with Gasteiger partial charge in [0.15, 0.2) is 0 Å². The van der Waals surface area contributed by atoms with E-state index in [9.17, 15) is 14.7 Å². The SMILES string of the molecule is CCCCCCCCCCCCCCCCC(C(=O)[O-])C(=O)C(CCCCCCCCCCCCCCCC)C(CCCCCCCC)CCCCCCCCCCC. The van der Waals surface area contributed by atoms with Gasteiger partial charge in [-0.1, -0.05) is 304 Å². The number of carboxylic acids is 1. The topological polar surface area (TPSA) is 57.2 Å². The minimum absolute atomic E-state index is 0.0429. The lowest BCUT2D eigenvalue weighted by molar-refractivity contribution is -0.310. The first-order valence-electron chi connectivity index (χ1n) is 27.8. The maximum atomic E-state index is 14.5. The average molecular weight is 830 g/mol. The Labute approximate surface area is 372 Å². The first kappa shape index (κ1) is 58.1. The fourth-order valence-corrected chi connectivity index (χ4v) is 9.80. The number of hydrogen-bond acceptors (Lipinski definition) is 3. The Kier molecular flexibility index (Phi) is 47.5. The molecular weight excluding hydrogens is 721 g/mol. The Bertz CT molecular complexity index is 837. The summed E-state index contributed by atoms with van der Waals surface area (Å²) in [7, 11) is 0. The van der Waals surface area contributed by atoms with Crippen LogP contribution in [0.25, 0.3) is 0 Å². The van der Waals surface area contributed by atoms with Crippen molar-refractivity contribution >= 4 is 11.8 Å².